The number of halogens is 2. The van der Waals surface area contributed by atoms with E-state index < -0.39 is 11.9 Å². The summed E-state index contributed by atoms with van der Waals surface area (Å²) in [5, 5.41) is 13.2. The van der Waals surface area contributed by atoms with Gasteiger partial charge in [0.1, 0.15) is 5.70 Å². The number of carbonyl (C=O) groups excluding carboxylic acids is 2. The van der Waals surface area contributed by atoms with E-state index in [9.17, 15) is 14.7 Å². The minimum Gasteiger partial charge on any atom is -0.504 e. The molecule has 0 unspecified atom stereocenters. The second-order valence-corrected chi connectivity index (χ2v) is 6.74. The monoisotopic (exact) mass is 436 g/mol. The van der Waals surface area contributed by atoms with Crippen molar-refractivity contribution in [3.8, 4) is 11.5 Å². The minimum absolute atomic E-state index is 0.0332. The number of benzene rings is 2. The van der Waals surface area contributed by atoms with Crippen LogP contribution in [0.25, 0.3) is 6.08 Å². The summed E-state index contributed by atoms with van der Waals surface area (Å²) < 4.78 is 6.03. The summed E-state index contributed by atoms with van der Waals surface area (Å²) in [4.78, 5) is 25.9. The van der Waals surface area contributed by atoms with Crippen LogP contribution in [0.1, 0.15) is 12.5 Å². The van der Waals surface area contributed by atoms with Gasteiger partial charge in [-0.3, -0.25) is 4.79 Å². The van der Waals surface area contributed by atoms with E-state index in [-0.39, 0.29) is 17.2 Å². The van der Waals surface area contributed by atoms with E-state index in [0.29, 0.717) is 27.4 Å². The predicted molar refractivity (Wildman–Crippen MR) is 102 cm³/mol. The van der Waals surface area contributed by atoms with Gasteiger partial charge in [0, 0.05) is 15.1 Å². The molecule has 134 valence electrons. The Morgan fingerprint density at radius 1 is 1.31 bits per heavy atom. The van der Waals surface area contributed by atoms with Crippen molar-refractivity contribution < 1.29 is 19.4 Å². The highest BCUT2D eigenvalue weighted by Crippen LogP contribution is 2.35. The zero-order valence-corrected chi connectivity index (χ0v) is 16.0. The molecule has 0 aliphatic carbocycles. The van der Waals surface area contributed by atoms with Gasteiger partial charge in [-0.25, -0.2) is 9.69 Å². The molecule has 6 nitrogen and oxygen atoms in total. The third-order valence-electron chi connectivity index (χ3n) is 3.61. The molecule has 3 rings (SSSR count). The lowest BCUT2D eigenvalue weighted by Crippen LogP contribution is -2.30. The summed E-state index contributed by atoms with van der Waals surface area (Å²) in [5.74, 6) is -0.391. The molecule has 2 N–H and O–H groups in total. The smallest absolute Gasteiger partial charge is 0.333 e. The third-order valence-corrected chi connectivity index (χ3v) is 4.31. The summed E-state index contributed by atoms with van der Waals surface area (Å²) in [7, 11) is 0. The Morgan fingerprint density at radius 2 is 2.08 bits per heavy atom. The number of rotatable bonds is 4. The quantitative estimate of drug-likeness (QED) is 0.552. The van der Waals surface area contributed by atoms with Crippen LogP contribution in [0.2, 0.25) is 5.02 Å². The van der Waals surface area contributed by atoms with Crippen LogP contribution in [0.3, 0.4) is 0 Å². The van der Waals surface area contributed by atoms with Gasteiger partial charge in [0.15, 0.2) is 11.5 Å². The van der Waals surface area contributed by atoms with Gasteiger partial charge in [0.25, 0.3) is 5.91 Å². The molecule has 0 radical (unpaired) electrons. The molecular formula is C18H14BrClN2O4. The van der Waals surface area contributed by atoms with Crippen molar-refractivity contribution in [1.82, 2.24) is 5.32 Å². The first-order valence-corrected chi connectivity index (χ1v) is 8.85. The number of phenols is 1. The summed E-state index contributed by atoms with van der Waals surface area (Å²) in [5.41, 5.74) is 0.724. The Labute approximate surface area is 163 Å². The standard InChI is InChI=1S/C18H14BrClN2O4/c1-2-26-15-8-11(19)6-10(16(15)23)7-14-17(24)22(18(25)21-14)13-5-3-4-12(20)9-13/h3-9,23H,2H2,1H3,(H,21,25)/b14-7+. The molecule has 1 heterocycles. The van der Waals surface area contributed by atoms with E-state index in [2.05, 4.69) is 21.2 Å². The van der Waals surface area contributed by atoms with Gasteiger partial charge in [0.05, 0.1) is 12.3 Å². The number of aromatic hydroxyl groups is 1. The van der Waals surface area contributed by atoms with Gasteiger partial charge < -0.3 is 15.2 Å². The molecule has 1 saturated heterocycles. The van der Waals surface area contributed by atoms with Gasteiger partial charge in [-0.15, -0.1) is 0 Å². The second kappa shape index (κ2) is 7.39. The van der Waals surface area contributed by atoms with Crippen LogP contribution < -0.4 is 15.0 Å². The van der Waals surface area contributed by atoms with Crippen molar-refractivity contribution in [3.63, 3.8) is 0 Å². The maximum Gasteiger partial charge on any atom is 0.333 e. The normalized spacial score (nSPS) is 15.5. The summed E-state index contributed by atoms with van der Waals surface area (Å²) >= 11 is 9.27. The average Bonchev–Trinajstić information content (AvgIpc) is 2.86. The molecule has 3 amide bonds. The van der Waals surface area contributed by atoms with Gasteiger partial charge in [-0.05, 0) is 43.3 Å². The highest BCUT2D eigenvalue weighted by atomic mass is 79.9. The van der Waals surface area contributed by atoms with Crippen LogP contribution in [0.15, 0.2) is 46.6 Å². The Morgan fingerprint density at radius 3 is 2.77 bits per heavy atom. The molecule has 0 bridgehead atoms. The molecule has 1 fully saturated rings. The van der Waals surface area contributed by atoms with Crippen molar-refractivity contribution >= 4 is 51.2 Å². The topological polar surface area (TPSA) is 78.9 Å². The number of anilines is 1. The van der Waals surface area contributed by atoms with E-state index in [4.69, 9.17) is 16.3 Å². The van der Waals surface area contributed by atoms with Crippen LogP contribution >= 0.6 is 27.5 Å². The molecule has 26 heavy (non-hydrogen) atoms. The first kappa shape index (κ1) is 18.3. The van der Waals surface area contributed by atoms with Crippen LogP contribution in [0, 0.1) is 0 Å². The summed E-state index contributed by atoms with van der Waals surface area (Å²) in [6.07, 6.45) is 1.40. The number of hydrogen-bond acceptors (Lipinski definition) is 4. The highest BCUT2D eigenvalue weighted by molar-refractivity contribution is 9.10. The fourth-order valence-electron chi connectivity index (χ4n) is 2.51. The zero-order valence-electron chi connectivity index (χ0n) is 13.6. The van der Waals surface area contributed by atoms with E-state index in [1.54, 1.807) is 37.3 Å². The molecular weight excluding hydrogens is 424 g/mol. The molecule has 1 aliphatic rings. The largest absolute Gasteiger partial charge is 0.504 e. The van der Waals surface area contributed by atoms with Crippen molar-refractivity contribution in [2.75, 3.05) is 11.5 Å². The highest BCUT2D eigenvalue weighted by Gasteiger charge is 2.35. The number of phenolic OH excluding ortho intramolecular Hbond substituents is 1. The molecule has 0 saturated carbocycles. The maximum atomic E-state index is 12.6. The number of urea groups is 1. The van der Waals surface area contributed by atoms with Crippen molar-refractivity contribution in [1.29, 1.82) is 0 Å². The van der Waals surface area contributed by atoms with Gasteiger partial charge in [0.2, 0.25) is 0 Å². The van der Waals surface area contributed by atoms with E-state index in [1.807, 2.05) is 0 Å². The first-order valence-electron chi connectivity index (χ1n) is 7.68. The number of nitrogens with zero attached hydrogens (tertiary/aromatic N) is 1. The number of amides is 3. The average molecular weight is 438 g/mol. The number of ether oxygens (including phenoxy) is 1. The Balaban J connectivity index is 1.98. The van der Waals surface area contributed by atoms with Crippen LogP contribution in [0.4, 0.5) is 10.5 Å². The molecule has 0 aromatic heterocycles. The number of hydrogen-bond donors (Lipinski definition) is 2. The van der Waals surface area contributed by atoms with Gasteiger partial charge in [-0.1, -0.05) is 33.6 Å². The lowest BCUT2D eigenvalue weighted by molar-refractivity contribution is -0.113. The fraction of sp³-hybridized carbons (Fsp3) is 0.111. The molecule has 0 atom stereocenters. The predicted octanol–water partition coefficient (Wildman–Crippen LogP) is 4.30. The molecule has 1 aliphatic heterocycles. The second-order valence-electron chi connectivity index (χ2n) is 5.38. The van der Waals surface area contributed by atoms with Gasteiger partial charge in [-0.2, -0.15) is 0 Å². The molecule has 0 spiro atoms. The lowest BCUT2D eigenvalue weighted by Gasteiger charge is -2.12. The van der Waals surface area contributed by atoms with Crippen LogP contribution in [0.5, 0.6) is 11.5 Å². The summed E-state index contributed by atoms with van der Waals surface area (Å²) in [6.45, 7) is 2.17. The Kier molecular flexibility index (Phi) is 5.20. The van der Waals surface area contributed by atoms with Crippen molar-refractivity contribution in [2.24, 2.45) is 0 Å². The zero-order chi connectivity index (χ0) is 18.8. The summed E-state index contributed by atoms with van der Waals surface area (Å²) in [6, 6.07) is 9.06. The Bertz CT molecular complexity index is 929. The molecule has 8 heteroatoms. The van der Waals surface area contributed by atoms with E-state index in [0.717, 1.165) is 4.90 Å². The first-order chi connectivity index (χ1) is 12.4. The van der Waals surface area contributed by atoms with Gasteiger partial charge >= 0.3 is 6.03 Å². The minimum atomic E-state index is -0.594. The molecule has 2 aromatic carbocycles. The lowest BCUT2D eigenvalue weighted by atomic mass is 10.1. The third kappa shape index (κ3) is 3.54. The van der Waals surface area contributed by atoms with E-state index in [1.165, 1.54) is 12.1 Å². The van der Waals surface area contributed by atoms with Crippen LogP contribution in [-0.4, -0.2) is 23.7 Å². The number of imide groups is 1. The molecule has 2 aromatic rings. The van der Waals surface area contributed by atoms with E-state index >= 15 is 0 Å². The van der Waals surface area contributed by atoms with Crippen molar-refractivity contribution in [2.45, 2.75) is 6.92 Å². The maximum absolute atomic E-state index is 12.6. The number of nitrogens with one attached hydrogen (secondary N) is 1. The fourth-order valence-corrected chi connectivity index (χ4v) is 3.15. The van der Waals surface area contributed by atoms with Crippen LogP contribution in [-0.2, 0) is 4.79 Å². The Hall–Kier alpha value is -2.51. The SMILES string of the molecule is CCOc1cc(Br)cc(/C=C2/NC(=O)N(c3cccc(Cl)c3)C2=O)c1O. The van der Waals surface area contributed by atoms with Crippen molar-refractivity contribution in [3.05, 3.63) is 57.2 Å². The number of carbonyl (C=O) groups is 2.